The van der Waals surface area contributed by atoms with E-state index >= 15 is 0 Å². The largest absolute Gasteiger partial charge is 0.508 e. The van der Waals surface area contributed by atoms with Crippen molar-refractivity contribution in [3.63, 3.8) is 0 Å². The van der Waals surface area contributed by atoms with Gasteiger partial charge >= 0.3 is 0 Å². The molecule has 220 valence electrons. The van der Waals surface area contributed by atoms with Gasteiger partial charge in [-0.15, -0.1) is 0 Å². The summed E-state index contributed by atoms with van der Waals surface area (Å²) in [6.07, 6.45) is 0.853. The number of benzene rings is 1. The van der Waals surface area contributed by atoms with Crippen LogP contribution >= 0.6 is 0 Å². The predicted molar refractivity (Wildman–Crippen MR) is 147 cm³/mol. The van der Waals surface area contributed by atoms with Crippen LogP contribution in [0.1, 0.15) is 50.3 Å². The first-order valence-electron chi connectivity index (χ1n) is 13.0. The molecule has 0 saturated heterocycles. The number of phenolic OH excluding ortho intramolecular Hbond substituents is 1. The maximum atomic E-state index is 14.0. The maximum absolute atomic E-state index is 14.0. The number of amides is 2. The van der Waals surface area contributed by atoms with Gasteiger partial charge in [0, 0.05) is 28.7 Å². The average molecular weight is 570 g/mol. The second-order valence-electron chi connectivity index (χ2n) is 12.1. The highest BCUT2D eigenvalue weighted by molar-refractivity contribution is 6.24. The highest BCUT2D eigenvalue weighted by atomic mass is 16.4. The van der Waals surface area contributed by atoms with Gasteiger partial charge in [0.25, 0.3) is 5.91 Å². The number of phenols is 1. The molecule has 0 aromatic heterocycles. The van der Waals surface area contributed by atoms with Crippen molar-refractivity contribution in [1.82, 2.24) is 10.2 Å². The smallest absolute Gasteiger partial charge is 0.255 e. The normalized spacial score (nSPS) is 29.9. The molecule has 0 aliphatic heterocycles. The molecule has 0 radical (unpaired) electrons. The number of nitrogens with two attached hydrogens (primary N) is 1. The fourth-order valence-electron chi connectivity index (χ4n) is 6.34. The number of Topliss-reactive ketones (excluding diaryl/α,β-unsaturated/α-hetero) is 2. The van der Waals surface area contributed by atoms with Gasteiger partial charge in [0.2, 0.25) is 11.7 Å². The van der Waals surface area contributed by atoms with E-state index in [2.05, 4.69) is 5.32 Å². The van der Waals surface area contributed by atoms with E-state index in [0.29, 0.717) is 5.56 Å². The van der Waals surface area contributed by atoms with Crippen molar-refractivity contribution < 1.29 is 44.7 Å². The molecule has 0 heterocycles. The average Bonchev–Trinajstić information content (AvgIpc) is 2.84. The first-order chi connectivity index (χ1) is 18.9. The van der Waals surface area contributed by atoms with Crippen molar-refractivity contribution in [3.8, 4) is 5.75 Å². The lowest BCUT2D eigenvalue weighted by Crippen LogP contribution is -2.70. The molecule has 3 aliphatic rings. The number of hydrogen-bond acceptors (Lipinski definition) is 10. The molecule has 8 N–H and O–H groups in total. The van der Waals surface area contributed by atoms with Crippen molar-refractivity contribution >= 4 is 35.2 Å². The standard InChI is InChI=1S/C29H35N3O9/c1-11-13-9-7-12(8-10-14(33)31-28(2,3)4)21(34)16(13)22(35)17-15(11)23(36)19-20(32(5)6)24(37)18(27(30)40)26(39)29(19,41)25(17)38/h7-11,15,19-20,23,34-36,39,41H,1-6H3,(H2,30,40)(H,31,33)/b10-8-/t11?,15-,19-,20+,23?,29+/m1/s1. The highest BCUT2D eigenvalue weighted by Gasteiger charge is 2.68. The summed E-state index contributed by atoms with van der Waals surface area (Å²) in [6.45, 7) is 7.04. The molecule has 2 amide bonds. The minimum absolute atomic E-state index is 0.140. The fourth-order valence-corrected chi connectivity index (χ4v) is 6.34. The lowest BCUT2D eigenvalue weighted by Gasteiger charge is -2.53. The lowest BCUT2D eigenvalue weighted by molar-refractivity contribution is -0.169. The van der Waals surface area contributed by atoms with E-state index in [1.54, 1.807) is 33.8 Å². The summed E-state index contributed by atoms with van der Waals surface area (Å²) in [5, 5.41) is 59.6. The van der Waals surface area contributed by atoms with Crippen LogP contribution in [-0.4, -0.2) is 91.2 Å². The van der Waals surface area contributed by atoms with Gasteiger partial charge in [0.15, 0.2) is 11.4 Å². The number of hydrogen-bond donors (Lipinski definition) is 7. The Morgan fingerprint density at radius 3 is 2.27 bits per heavy atom. The van der Waals surface area contributed by atoms with E-state index in [4.69, 9.17) is 5.73 Å². The topological polar surface area (TPSA) is 211 Å². The van der Waals surface area contributed by atoms with Crippen LogP contribution in [0.4, 0.5) is 0 Å². The maximum Gasteiger partial charge on any atom is 0.255 e. The van der Waals surface area contributed by atoms with Gasteiger partial charge in [-0.2, -0.15) is 0 Å². The number of carbonyl (C=O) groups excluding carboxylic acids is 4. The van der Waals surface area contributed by atoms with Crippen LogP contribution in [0, 0.1) is 11.8 Å². The molecule has 1 saturated carbocycles. The number of aromatic hydroxyl groups is 1. The van der Waals surface area contributed by atoms with Gasteiger partial charge < -0.3 is 36.6 Å². The third kappa shape index (κ3) is 4.42. The molecule has 2 unspecified atom stereocenters. The van der Waals surface area contributed by atoms with Crippen molar-refractivity contribution in [2.45, 2.75) is 56.9 Å². The van der Waals surface area contributed by atoms with E-state index in [-0.39, 0.29) is 11.1 Å². The summed E-state index contributed by atoms with van der Waals surface area (Å²) in [6, 6.07) is 1.66. The summed E-state index contributed by atoms with van der Waals surface area (Å²) >= 11 is 0. The summed E-state index contributed by atoms with van der Waals surface area (Å²) in [7, 11) is 2.89. The lowest BCUT2D eigenvalue weighted by atomic mass is 9.54. The van der Waals surface area contributed by atoms with Crippen molar-refractivity contribution in [3.05, 3.63) is 51.8 Å². The van der Waals surface area contributed by atoms with Gasteiger partial charge in [0.1, 0.15) is 22.8 Å². The molecule has 0 spiro atoms. The Labute approximate surface area is 236 Å². The molecule has 1 fully saturated rings. The quantitative estimate of drug-likeness (QED) is 0.196. The Kier molecular flexibility index (Phi) is 7.18. The third-order valence-corrected chi connectivity index (χ3v) is 8.07. The van der Waals surface area contributed by atoms with Gasteiger partial charge in [-0.25, -0.2) is 0 Å². The van der Waals surface area contributed by atoms with Gasteiger partial charge in [-0.1, -0.05) is 19.1 Å². The number of aliphatic hydroxyl groups excluding tert-OH is 3. The Bertz CT molecular complexity index is 1470. The van der Waals surface area contributed by atoms with E-state index < -0.39 is 92.8 Å². The number of nitrogens with zero attached hydrogens (tertiary/aromatic N) is 1. The molecule has 1 aromatic carbocycles. The predicted octanol–water partition coefficient (Wildman–Crippen LogP) is 0.424. The third-order valence-electron chi connectivity index (χ3n) is 8.07. The van der Waals surface area contributed by atoms with Crippen LogP contribution in [0.3, 0.4) is 0 Å². The number of rotatable bonds is 4. The van der Waals surface area contributed by atoms with Crippen molar-refractivity contribution in [1.29, 1.82) is 0 Å². The summed E-state index contributed by atoms with van der Waals surface area (Å²) < 4.78 is 0. The van der Waals surface area contributed by atoms with Crippen molar-refractivity contribution in [2.24, 2.45) is 17.6 Å². The molecule has 41 heavy (non-hydrogen) atoms. The number of ketones is 2. The molecule has 0 bridgehead atoms. The molecular formula is C29H35N3O9. The Hall–Kier alpha value is -4.00. The van der Waals surface area contributed by atoms with Crippen LogP contribution < -0.4 is 11.1 Å². The zero-order chi connectivity index (χ0) is 30.9. The monoisotopic (exact) mass is 569 g/mol. The van der Waals surface area contributed by atoms with Crippen LogP contribution in [-0.2, 0) is 19.2 Å². The van der Waals surface area contributed by atoms with E-state index in [1.165, 1.54) is 37.2 Å². The molecule has 4 rings (SSSR count). The van der Waals surface area contributed by atoms with Crippen LogP contribution in [0.2, 0.25) is 0 Å². The van der Waals surface area contributed by atoms with E-state index in [1.807, 2.05) is 0 Å². The second kappa shape index (κ2) is 9.82. The first-order valence-corrected chi connectivity index (χ1v) is 13.0. The number of aliphatic hydroxyl groups is 4. The minimum Gasteiger partial charge on any atom is -0.508 e. The first kappa shape index (κ1) is 30.0. The Morgan fingerprint density at radius 1 is 1.12 bits per heavy atom. The highest BCUT2D eigenvalue weighted by Crippen LogP contribution is 2.56. The van der Waals surface area contributed by atoms with Crippen LogP contribution in [0.25, 0.3) is 11.8 Å². The van der Waals surface area contributed by atoms with Gasteiger partial charge in [-0.3, -0.25) is 24.1 Å². The summed E-state index contributed by atoms with van der Waals surface area (Å²) in [4.78, 5) is 52.9. The fraction of sp³-hybridized carbons (Fsp3) is 0.448. The van der Waals surface area contributed by atoms with Gasteiger partial charge in [0.05, 0.1) is 23.6 Å². The summed E-state index contributed by atoms with van der Waals surface area (Å²) in [5.74, 6) is -10.0. The SMILES string of the molecule is CC1c2ccc(/C=C\C(=O)NC(C)(C)C)c(O)c2C(O)=C2C(=O)[C@]3(O)C(O)=C(C(N)=O)C(=O)[C@@H](N(C)C)[C@@H]3C(O)[C@@H]21. The number of carbonyl (C=O) groups is 4. The van der Waals surface area contributed by atoms with Crippen LogP contribution in [0.5, 0.6) is 5.75 Å². The Balaban J connectivity index is 1.92. The molecule has 3 aliphatic carbocycles. The number of primary amides is 1. The van der Waals surface area contributed by atoms with Crippen molar-refractivity contribution in [2.75, 3.05) is 14.1 Å². The summed E-state index contributed by atoms with van der Waals surface area (Å²) in [5.41, 5.74) is 0.725. The number of fused-ring (bicyclic) bond motifs is 3. The molecular weight excluding hydrogens is 534 g/mol. The van der Waals surface area contributed by atoms with E-state index in [0.717, 1.165) is 0 Å². The zero-order valence-corrected chi connectivity index (χ0v) is 23.6. The number of nitrogens with one attached hydrogen (secondary N) is 1. The number of likely N-dealkylation sites (N-methyl/N-ethyl adjacent to an activating group) is 1. The zero-order valence-electron chi connectivity index (χ0n) is 23.6. The second-order valence-corrected chi connectivity index (χ2v) is 12.1. The molecule has 1 aromatic rings. The Morgan fingerprint density at radius 2 is 1.73 bits per heavy atom. The van der Waals surface area contributed by atoms with Gasteiger partial charge in [-0.05, 0) is 52.4 Å². The molecule has 12 nitrogen and oxygen atoms in total. The van der Waals surface area contributed by atoms with Crippen LogP contribution in [0.15, 0.2) is 35.1 Å². The molecule has 6 atom stereocenters. The minimum atomic E-state index is -2.98. The van der Waals surface area contributed by atoms with E-state index in [9.17, 15) is 44.7 Å². The molecule has 12 heteroatoms.